The van der Waals surface area contributed by atoms with E-state index in [0.717, 1.165) is 6.29 Å². The molecule has 3 heterocycles. The van der Waals surface area contributed by atoms with Gasteiger partial charge in [-0.15, -0.1) is 0 Å². The fourth-order valence-corrected chi connectivity index (χ4v) is 11.1. The van der Waals surface area contributed by atoms with E-state index in [1.165, 1.54) is 10.4 Å². The van der Waals surface area contributed by atoms with Crippen LogP contribution in [-0.4, -0.2) is 69.4 Å². The molecule has 0 aromatic heterocycles. The van der Waals surface area contributed by atoms with Crippen molar-refractivity contribution in [3.05, 3.63) is 60.7 Å². The van der Waals surface area contributed by atoms with Crippen LogP contribution >= 0.6 is 0 Å². The Morgan fingerprint density at radius 3 is 1.90 bits per heavy atom. The molecule has 8 heteroatoms. The number of benzene rings is 2. The predicted molar refractivity (Wildman–Crippen MR) is 151 cm³/mol. The van der Waals surface area contributed by atoms with Crippen LogP contribution in [0.5, 0.6) is 0 Å². The third-order valence-electron chi connectivity index (χ3n) is 7.91. The molecule has 3 fully saturated rings. The van der Waals surface area contributed by atoms with E-state index in [2.05, 4.69) is 69.3 Å². The molecule has 7 nitrogen and oxygen atoms in total. The molecule has 212 valence electrons. The molecule has 0 unspecified atom stereocenters. The number of ether oxygens (including phenoxy) is 5. The molecule has 0 aliphatic carbocycles. The zero-order valence-electron chi connectivity index (χ0n) is 24.1. The quantitative estimate of drug-likeness (QED) is 0.379. The van der Waals surface area contributed by atoms with Crippen LogP contribution in [0.2, 0.25) is 5.04 Å². The summed E-state index contributed by atoms with van der Waals surface area (Å²) in [5, 5.41) is 2.27. The smallest absolute Gasteiger partial charge is 0.261 e. The van der Waals surface area contributed by atoms with Crippen LogP contribution in [0.25, 0.3) is 0 Å². The van der Waals surface area contributed by atoms with Crippen molar-refractivity contribution in [2.45, 2.75) is 108 Å². The highest BCUT2D eigenvalue weighted by Gasteiger charge is 2.58. The van der Waals surface area contributed by atoms with Gasteiger partial charge in [-0.3, -0.25) is 0 Å². The van der Waals surface area contributed by atoms with Crippen molar-refractivity contribution in [1.29, 1.82) is 0 Å². The Morgan fingerprint density at radius 1 is 0.821 bits per heavy atom. The Labute approximate surface area is 233 Å². The highest BCUT2D eigenvalue weighted by molar-refractivity contribution is 6.99. The van der Waals surface area contributed by atoms with Crippen LogP contribution in [0.15, 0.2) is 60.7 Å². The van der Waals surface area contributed by atoms with Gasteiger partial charge in [0.1, 0.15) is 24.4 Å². The lowest BCUT2D eigenvalue weighted by Crippen LogP contribution is -2.67. The lowest BCUT2D eigenvalue weighted by Gasteiger charge is -2.45. The highest BCUT2D eigenvalue weighted by atomic mass is 28.4. The molecule has 39 heavy (non-hydrogen) atoms. The second-order valence-electron chi connectivity index (χ2n) is 12.8. The summed E-state index contributed by atoms with van der Waals surface area (Å²) < 4.78 is 38.6. The van der Waals surface area contributed by atoms with Gasteiger partial charge in [0.2, 0.25) is 0 Å². The molecule has 0 radical (unpaired) electrons. The van der Waals surface area contributed by atoms with Gasteiger partial charge in [0.05, 0.1) is 18.8 Å². The second-order valence-corrected chi connectivity index (χ2v) is 17.1. The molecule has 0 amide bonds. The summed E-state index contributed by atoms with van der Waals surface area (Å²) in [4.78, 5) is 12.0. The second kappa shape index (κ2) is 10.5. The summed E-state index contributed by atoms with van der Waals surface area (Å²) in [6, 6.07) is 21.1. The predicted octanol–water partition coefficient (Wildman–Crippen LogP) is 3.96. The molecule has 0 spiro atoms. The first-order valence-electron chi connectivity index (χ1n) is 13.9. The Balaban J connectivity index is 1.47. The van der Waals surface area contributed by atoms with Crippen molar-refractivity contribution in [2.24, 2.45) is 0 Å². The standard InChI is InChI=1S/C31H42O7Si/c1-29(2,3)39(22-14-10-8-11-15-22,23-16-12-9-13-17-23)33-20-21-18-24-26(37-30(4,5)35-24)28(34-21)27-25(19-32)36-31(6,7)38-27/h8-17,19,21,24-28H,18,20H2,1-7H3/t21-,24-,25-,26-,27+,28-/m0/s1. The van der Waals surface area contributed by atoms with Crippen LogP contribution in [0.4, 0.5) is 0 Å². The maximum Gasteiger partial charge on any atom is 0.261 e. The lowest BCUT2D eigenvalue weighted by molar-refractivity contribution is -0.207. The van der Waals surface area contributed by atoms with Gasteiger partial charge < -0.3 is 32.9 Å². The van der Waals surface area contributed by atoms with Gasteiger partial charge in [-0.25, -0.2) is 0 Å². The molecule has 3 saturated heterocycles. The lowest BCUT2D eigenvalue weighted by atomic mass is 9.93. The largest absolute Gasteiger partial charge is 0.405 e. The summed E-state index contributed by atoms with van der Waals surface area (Å²) in [6.07, 6.45) is -1.38. The molecular formula is C31H42O7Si. The van der Waals surface area contributed by atoms with Crippen molar-refractivity contribution in [3.8, 4) is 0 Å². The van der Waals surface area contributed by atoms with Gasteiger partial charge in [-0.2, -0.15) is 0 Å². The van der Waals surface area contributed by atoms with Crippen molar-refractivity contribution in [2.75, 3.05) is 6.61 Å². The van der Waals surface area contributed by atoms with E-state index < -0.39 is 38.2 Å². The first kappa shape index (κ1) is 28.6. The van der Waals surface area contributed by atoms with Gasteiger partial charge >= 0.3 is 0 Å². The number of carbonyl (C=O) groups is 1. The number of fused-ring (bicyclic) bond motifs is 1. The maximum atomic E-state index is 12.0. The molecule has 2 aromatic carbocycles. The molecule has 2 aromatic rings. The fourth-order valence-electron chi connectivity index (χ4n) is 6.47. The molecule has 6 atom stereocenters. The van der Waals surface area contributed by atoms with E-state index in [1.807, 2.05) is 39.8 Å². The summed E-state index contributed by atoms with van der Waals surface area (Å²) in [7, 11) is -2.76. The highest BCUT2D eigenvalue weighted by Crippen LogP contribution is 2.43. The van der Waals surface area contributed by atoms with Gasteiger partial charge in [0.25, 0.3) is 8.32 Å². The van der Waals surface area contributed by atoms with Crippen LogP contribution in [0, 0.1) is 0 Å². The van der Waals surface area contributed by atoms with Crippen molar-refractivity contribution >= 4 is 25.0 Å². The molecular weight excluding hydrogens is 512 g/mol. The van der Waals surface area contributed by atoms with Crippen LogP contribution < -0.4 is 10.4 Å². The SMILES string of the molecule is CC1(C)O[C@@H]([C@H]2O[C@H](CO[Si](c3ccccc3)(c3ccccc3)C(C)(C)C)C[C@@H]3OC(C)(C)O[C@H]23)[C@H](C=O)O1. The molecule has 3 aliphatic rings. The van der Waals surface area contributed by atoms with Crippen molar-refractivity contribution in [3.63, 3.8) is 0 Å². The minimum atomic E-state index is -2.76. The molecule has 0 bridgehead atoms. The summed E-state index contributed by atoms with van der Waals surface area (Å²) in [6.45, 7) is 14.6. The fraction of sp³-hybridized carbons (Fsp3) is 0.581. The zero-order chi connectivity index (χ0) is 28.1. The minimum Gasteiger partial charge on any atom is -0.405 e. The number of hydrogen-bond acceptors (Lipinski definition) is 7. The molecule has 5 rings (SSSR count). The minimum absolute atomic E-state index is 0.156. The average molecular weight is 555 g/mol. The van der Waals surface area contributed by atoms with Crippen LogP contribution in [0.3, 0.4) is 0 Å². The normalized spacial score (nSPS) is 32.1. The third-order valence-corrected chi connectivity index (χ3v) is 12.9. The number of aldehydes is 1. The Bertz CT molecular complexity index is 1090. The maximum absolute atomic E-state index is 12.0. The molecule has 3 aliphatic heterocycles. The first-order valence-corrected chi connectivity index (χ1v) is 15.8. The van der Waals surface area contributed by atoms with Gasteiger partial charge in [0.15, 0.2) is 17.9 Å². The monoisotopic (exact) mass is 554 g/mol. The van der Waals surface area contributed by atoms with E-state index in [0.29, 0.717) is 13.0 Å². The van der Waals surface area contributed by atoms with Crippen molar-refractivity contribution < 1.29 is 32.9 Å². The van der Waals surface area contributed by atoms with Crippen LogP contribution in [0.1, 0.15) is 54.9 Å². The van der Waals surface area contributed by atoms with Gasteiger partial charge in [-0.05, 0) is 43.1 Å². The number of hydrogen-bond donors (Lipinski definition) is 0. The first-order chi connectivity index (χ1) is 18.4. The summed E-state index contributed by atoms with van der Waals surface area (Å²) in [5.74, 6) is -1.67. The van der Waals surface area contributed by atoms with Gasteiger partial charge in [-0.1, -0.05) is 81.4 Å². The molecule has 0 saturated carbocycles. The summed E-state index contributed by atoms with van der Waals surface area (Å²) >= 11 is 0. The van der Waals surface area contributed by atoms with E-state index >= 15 is 0 Å². The Morgan fingerprint density at radius 2 is 1.36 bits per heavy atom. The Hall–Kier alpha value is -1.91. The zero-order valence-corrected chi connectivity index (χ0v) is 25.1. The number of carbonyl (C=O) groups excluding carboxylic acids is 1. The third kappa shape index (κ3) is 5.53. The van der Waals surface area contributed by atoms with Gasteiger partial charge in [0, 0.05) is 6.42 Å². The topological polar surface area (TPSA) is 72.5 Å². The van der Waals surface area contributed by atoms with E-state index in [4.69, 9.17) is 28.1 Å². The van der Waals surface area contributed by atoms with E-state index in [-0.39, 0.29) is 23.4 Å². The average Bonchev–Trinajstić information content (AvgIpc) is 3.37. The van der Waals surface area contributed by atoms with Crippen LogP contribution in [-0.2, 0) is 32.9 Å². The molecule has 0 N–H and O–H groups in total. The van der Waals surface area contributed by atoms with E-state index in [1.54, 1.807) is 0 Å². The Kier molecular flexibility index (Phi) is 7.69. The van der Waals surface area contributed by atoms with Crippen molar-refractivity contribution in [1.82, 2.24) is 0 Å². The van der Waals surface area contributed by atoms with E-state index in [9.17, 15) is 4.79 Å². The number of rotatable bonds is 7. The summed E-state index contributed by atoms with van der Waals surface area (Å²) in [5.41, 5.74) is 0.